The summed E-state index contributed by atoms with van der Waals surface area (Å²) >= 11 is 0. The van der Waals surface area contributed by atoms with E-state index < -0.39 is 0 Å². The van der Waals surface area contributed by atoms with Crippen LogP contribution in [0.2, 0.25) is 0 Å². The Bertz CT molecular complexity index is 518. The van der Waals surface area contributed by atoms with Crippen LogP contribution in [0, 0.1) is 0 Å². The van der Waals surface area contributed by atoms with Gasteiger partial charge in [0.25, 0.3) is 0 Å². The van der Waals surface area contributed by atoms with Gasteiger partial charge >= 0.3 is 0 Å². The third-order valence-electron chi connectivity index (χ3n) is 2.53. The van der Waals surface area contributed by atoms with Crippen LogP contribution in [-0.4, -0.2) is 22.5 Å². The molecule has 0 radical (unpaired) electrons. The molecule has 5 nitrogen and oxygen atoms in total. The molecule has 0 saturated carbocycles. The molecule has 84 valence electrons. The molecular weight excluding hydrogens is 204 g/mol. The number of nitrogens with one attached hydrogen (secondary N) is 1. The van der Waals surface area contributed by atoms with E-state index in [1.807, 2.05) is 22.9 Å². The van der Waals surface area contributed by atoms with Crippen molar-refractivity contribution in [1.29, 1.82) is 0 Å². The van der Waals surface area contributed by atoms with E-state index >= 15 is 0 Å². The molecule has 16 heavy (non-hydrogen) atoms. The van der Waals surface area contributed by atoms with E-state index in [2.05, 4.69) is 10.3 Å². The lowest BCUT2D eigenvalue weighted by Crippen LogP contribution is -2.23. The van der Waals surface area contributed by atoms with Crippen LogP contribution in [-0.2, 0) is 17.9 Å². The second-order valence-corrected chi connectivity index (χ2v) is 3.53. The quantitative estimate of drug-likeness (QED) is 0.775. The van der Waals surface area contributed by atoms with Crippen LogP contribution < -0.4 is 11.1 Å². The summed E-state index contributed by atoms with van der Waals surface area (Å²) in [4.78, 5) is 15.6. The molecule has 0 spiro atoms. The smallest absolute Gasteiger partial charge is 0.239 e. The SMILES string of the molecule is CNC(=O)Cn1cc(CN)c2cccnc21. The first-order chi connectivity index (χ1) is 7.76. The first kappa shape index (κ1) is 10.6. The van der Waals surface area contributed by atoms with Crippen molar-refractivity contribution in [3.63, 3.8) is 0 Å². The number of nitrogens with two attached hydrogens (primary N) is 1. The van der Waals surface area contributed by atoms with Gasteiger partial charge in [0.2, 0.25) is 5.91 Å². The minimum Gasteiger partial charge on any atom is -0.358 e. The molecule has 3 N–H and O–H groups in total. The van der Waals surface area contributed by atoms with Gasteiger partial charge in [-0.1, -0.05) is 0 Å². The molecule has 0 bridgehead atoms. The monoisotopic (exact) mass is 218 g/mol. The summed E-state index contributed by atoms with van der Waals surface area (Å²) in [6, 6.07) is 3.83. The summed E-state index contributed by atoms with van der Waals surface area (Å²) in [5.74, 6) is -0.0499. The highest BCUT2D eigenvalue weighted by Crippen LogP contribution is 2.18. The van der Waals surface area contributed by atoms with Crippen LogP contribution in [0.4, 0.5) is 0 Å². The first-order valence-electron chi connectivity index (χ1n) is 5.09. The van der Waals surface area contributed by atoms with E-state index in [-0.39, 0.29) is 12.5 Å². The normalized spacial score (nSPS) is 10.6. The Morgan fingerprint density at radius 3 is 3.12 bits per heavy atom. The van der Waals surface area contributed by atoms with Gasteiger partial charge in [0.1, 0.15) is 12.2 Å². The molecule has 5 heteroatoms. The average molecular weight is 218 g/mol. The van der Waals surface area contributed by atoms with E-state index in [0.717, 1.165) is 16.6 Å². The van der Waals surface area contributed by atoms with Crippen LogP contribution in [0.25, 0.3) is 11.0 Å². The predicted octanol–water partition coefficient (Wildman–Crippen LogP) is 0.241. The number of hydrogen-bond donors (Lipinski definition) is 2. The fourth-order valence-electron chi connectivity index (χ4n) is 1.71. The Hall–Kier alpha value is -1.88. The third kappa shape index (κ3) is 1.77. The lowest BCUT2D eigenvalue weighted by molar-refractivity contribution is -0.121. The molecule has 0 aliphatic carbocycles. The Morgan fingerprint density at radius 2 is 2.44 bits per heavy atom. The summed E-state index contributed by atoms with van der Waals surface area (Å²) in [6.07, 6.45) is 3.59. The minimum atomic E-state index is -0.0499. The number of carbonyl (C=O) groups is 1. The maximum absolute atomic E-state index is 11.3. The number of nitrogens with zero attached hydrogens (tertiary/aromatic N) is 2. The molecule has 1 amide bonds. The molecule has 0 aliphatic rings. The van der Waals surface area contributed by atoms with E-state index in [1.165, 1.54) is 0 Å². The molecule has 0 fully saturated rings. The van der Waals surface area contributed by atoms with Gasteiger partial charge in [-0.15, -0.1) is 0 Å². The van der Waals surface area contributed by atoms with Crippen LogP contribution in [0.3, 0.4) is 0 Å². The number of rotatable bonds is 3. The van der Waals surface area contributed by atoms with Crippen LogP contribution in [0.5, 0.6) is 0 Å². The summed E-state index contributed by atoms with van der Waals surface area (Å²) < 4.78 is 1.82. The lowest BCUT2D eigenvalue weighted by atomic mass is 10.2. The number of amides is 1. The number of likely N-dealkylation sites (N-methyl/N-ethyl adjacent to an activating group) is 1. The molecule has 2 aromatic rings. The van der Waals surface area contributed by atoms with Crippen LogP contribution in [0.1, 0.15) is 5.56 Å². The summed E-state index contributed by atoms with van der Waals surface area (Å²) in [7, 11) is 1.62. The second kappa shape index (κ2) is 4.32. The summed E-state index contributed by atoms with van der Waals surface area (Å²) in [6.45, 7) is 0.715. The van der Waals surface area contributed by atoms with Gasteiger partial charge in [-0.25, -0.2) is 4.98 Å². The maximum atomic E-state index is 11.3. The fourth-order valence-corrected chi connectivity index (χ4v) is 1.71. The highest BCUT2D eigenvalue weighted by molar-refractivity contribution is 5.83. The van der Waals surface area contributed by atoms with Crippen LogP contribution >= 0.6 is 0 Å². The minimum absolute atomic E-state index is 0.0499. The van der Waals surface area contributed by atoms with Crippen molar-refractivity contribution in [1.82, 2.24) is 14.9 Å². The van der Waals surface area contributed by atoms with Gasteiger partial charge in [-0.3, -0.25) is 4.79 Å². The van der Waals surface area contributed by atoms with Crippen molar-refractivity contribution in [2.75, 3.05) is 7.05 Å². The van der Waals surface area contributed by atoms with Gasteiger partial charge in [0.15, 0.2) is 0 Å². The average Bonchev–Trinajstić information content (AvgIpc) is 2.68. The molecular formula is C11H14N4O. The zero-order chi connectivity index (χ0) is 11.5. The van der Waals surface area contributed by atoms with Gasteiger partial charge in [0.05, 0.1) is 0 Å². The van der Waals surface area contributed by atoms with E-state index in [0.29, 0.717) is 6.54 Å². The molecule has 2 rings (SSSR count). The highest BCUT2D eigenvalue weighted by Gasteiger charge is 2.09. The number of hydrogen-bond acceptors (Lipinski definition) is 3. The standard InChI is InChI=1S/C11H14N4O/c1-13-10(16)7-15-6-8(5-12)9-3-2-4-14-11(9)15/h2-4,6H,5,7,12H2,1H3,(H,13,16). The number of pyridine rings is 1. The molecule has 0 atom stereocenters. The Morgan fingerprint density at radius 1 is 1.62 bits per heavy atom. The number of aromatic nitrogens is 2. The molecule has 2 heterocycles. The number of fused-ring (bicyclic) bond motifs is 1. The van der Waals surface area contributed by atoms with E-state index in [1.54, 1.807) is 13.2 Å². The predicted molar refractivity (Wildman–Crippen MR) is 61.7 cm³/mol. The molecule has 0 aromatic carbocycles. The number of carbonyl (C=O) groups excluding carboxylic acids is 1. The summed E-state index contributed by atoms with van der Waals surface area (Å²) in [5, 5.41) is 3.59. The molecule has 0 unspecified atom stereocenters. The Kier molecular flexibility index (Phi) is 2.87. The second-order valence-electron chi connectivity index (χ2n) is 3.53. The molecule has 0 saturated heterocycles. The van der Waals surface area contributed by atoms with Crippen molar-refractivity contribution in [2.45, 2.75) is 13.1 Å². The highest BCUT2D eigenvalue weighted by atomic mass is 16.1. The zero-order valence-electron chi connectivity index (χ0n) is 9.10. The van der Waals surface area contributed by atoms with Crippen LogP contribution in [0.15, 0.2) is 24.5 Å². The largest absolute Gasteiger partial charge is 0.358 e. The lowest BCUT2D eigenvalue weighted by Gasteiger charge is -2.02. The van der Waals surface area contributed by atoms with Crippen molar-refractivity contribution in [3.05, 3.63) is 30.1 Å². The maximum Gasteiger partial charge on any atom is 0.239 e. The fraction of sp³-hybridized carbons (Fsp3) is 0.273. The van der Waals surface area contributed by atoms with E-state index in [4.69, 9.17) is 5.73 Å². The van der Waals surface area contributed by atoms with Crippen molar-refractivity contribution in [2.24, 2.45) is 5.73 Å². The van der Waals surface area contributed by atoms with Gasteiger partial charge in [-0.2, -0.15) is 0 Å². The zero-order valence-corrected chi connectivity index (χ0v) is 9.10. The summed E-state index contributed by atoms with van der Waals surface area (Å²) in [5.41, 5.74) is 7.46. The Balaban J connectivity index is 2.49. The first-order valence-corrected chi connectivity index (χ1v) is 5.09. The van der Waals surface area contributed by atoms with Crippen molar-refractivity contribution < 1.29 is 4.79 Å². The molecule has 2 aromatic heterocycles. The van der Waals surface area contributed by atoms with Crippen molar-refractivity contribution >= 4 is 16.9 Å². The third-order valence-corrected chi connectivity index (χ3v) is 2.53. The van der Waals surface area contributed by atoms with Gasteiger partial charge in [0, 0.05) is 31.4 Å². The topological polar surface area (TPSA) is 72.9 Å². The molecule has 0 aliphatic heterocycles. The van der Waals surface area contributed by atoms with E-state index in [9.17, 15) is 4.79 Å². The van der Waals surface area contributed by atoms with Gasteiger partial charge < -0.3 is 15.6 Å². The van der Waals surface area contributed by atoms with Crippen molar-refractivity contribution in [3.8, 4) is 0 Å². The van der Waals surface area contributed by atoms with Gasteiger partial charge in [-0.05, 0) is 17.7 Å². The Labute approximate surface area is 93.3 Å².